The van der Waals surface area contributed by atoms with Gasteiger partial charge < -0.3 is 14.5 Å². The molecule has 1 N–H and O–H groups in total. The molecule has 0 spiro atoms. The summed E-state index contributed by atoms with van der Waals surface area (Å²) in [5.41, 5.74) is 2.71. The molecule has 0 radical (unpaired) electrons. The molecule has 3 rings (SSSR count). The minimum atomic E-state index is -0.697. The standard InChI is InChI=1S/C18H17Cl2N3O2/c1-11-4-3-5-17-22-14(10-23(11)17)9-21-18(24)12(2)25-16-7-6-13(19)8-15(16)20/h3-8,10,12H,9H2,1-2H3,(H,21,24). The van der Waals surface area contributed by atoms with E-state index >= 15 is 0 Å². The average molecular weight is 378 g/mol. The fourth-order valence-electron chi connectivity index (χ4n) is 2.42. The van der Waals surface area contributed by atoms with Crippen molar-refractivity contribution in [1.29, 1.82) is 0 Å². The number of aromatic nitrogens is 2. The van der Waals surface area contributed by atoms with Crippen LogP contribution in [0.25, 0.3) is 5.65 Å². The lowest BCUT2D eigenvalue weighted by Gasteiger charge is -2.15. The van der Waals surface area contributed by atoms with Crippen molar-refractivity contribution in [1.82, 2.24) is 14.7 Å². The molecule has 25 heavy (non-hydrogen) atoms. The number of imidazole rings is 1. The van der Waals surface area contributed by atoms with E-state index < -0.39 is 6.10 Å². The Bertz CT molecular complexity index is 924. The first-order valence-electron chi connectivity index (χ1n) is 7.77. The maximum Gasteiger partial charge on any atom is 0.261 e. The van der Waals surface area contributed by atoms with Crippen LogP contribution in [0.15, 0.2) is 42.6 Å². The molecular formula is C18H17Cl2N3O2. The summed E-state index contributed by atoms with van der Waals surface area (Å²) in [6, 6.07) is 10.7. The summed E-state index contributed by atoms with van der Waals surface area (Å²) in [6.07, 6.45) is 1.21. The van der Waals surface area contributed by atoms with Crippen LogP contribution in [-0.2, 0) is 11.3 Å². The molecule has 3 aromatic rings. The van der Waals surface area contributed by atoms with Crippen molar-refractivity contribution < 1.29 is 9.53 Å². The lowest BCUT2D eigenvalue weighted by atomic mass is 10.3. The fraction of sp³-hybridized carbons (Fsp3) is 0.222. The van der Waals surface area contributed by atoms with E-state index in [1.165, 1.54) is 0 Å². The van der Waals surface area contributed by atoms with E-state index in [9.17, 15) is 4.79 Å². The van der Waals surface area contributed by atoms with Crippen molar-refractivity contribution in [3.63, 3.8) is 0 Å². The molecule has 0 aliphatic rings. The first-order chi connectivity index (χ1) is 11.9. The van der Waals surface area contributed by atoms with Gasteiger partial charge in [0.05, 0.1) is 17.3 Å². The molecule has 130 valence electrons. The van der Waals surface area contributed by atoms with Gasteiger partial charge in [-0.2, -0.15) is 0 Å². The normalized spacial score (nSPS) is 12.2. The largest absolute Gasteiger partial charge is 0.479 e. The van der Waals surface area contributed by atoms with Gasteiger partial charge in [-0.25, -0.2) is 4.98 Å². The second-order valence-corrected chi connectivity index (χ2v) is 6.52. The van der Waals surface area contributed by atoms with E-state index in [0.717, 1.165) is 17.0 Å². The fourth-order valence-corrected chi connectivity index (χ4v) is 2.87. The number of hydrogen-bond donors (Lipinski definition) is 1. The van der Waals surface area contributed by atoms with Gasteiger partial charge in [-0.05, 0) is 44.2 Å². The molecule has 0 saturated carbocycles. The second-order valence-electron chi connectivity index (χ2n) is 5.68. The van der Waals surface area contributed by atoms with Gasteiger partial charge >= 0.3 is 0 Å². The van der Waals surface area contributed by atoms with Crippen LogP contribution in [0, 0.1) is 6.92 Å². The summed E-state index contributed by atoms with van der Waals surface area (Å²) in [6.45, 7) is 3.99. The van der Waals surface area contributed by atoms with Crippen molar-refractivity contribution in [2.24, 2.45) is 0 Å². The number of carbonyl (C=O) groups is 1. The molecule has 0 fully saturated rings. The Hall–Kier alpha value is -2.24. The monoisotopic (exact) mass is 377 g/mol. The number of benzene rings is 1. The van der Waals surface area contributed by atoms with E-state index in [1.807, 2.05) is 35.7 Å². The van der Waals surface area contributed by atoms with Gasteiger partial charge in [0.25, 0.3) is 5.91 Å². The Kier molecular flexibility index (Phi) is 5.16. The maximum atomic E-state index is 12.2. The zero-order valence-electron chi connectivity index (χ0n) is 13.8. The number of nitrogens with one attached hydrogen (secondary N) is 1. The summed E-state index contributed by atoms with van der Waals surface area (Å²) in [4.78, 5) is 16.7. The van der Waals surface area contributed by atoms with Crippen molar-refractivity contribution in [3.05, 3.63) is 64.0 Å². The van der Waals surface area contributed by atoms with Crippen LogP contribution in [0.4, 0.5) is 0 Å². The first kappa shape index (κ1) is 17.6. The number of fused-ring (bicyclic) bond motifs is 1. The molecule has 2 aromatic heterocycles. The summed E-state index contributed by atoms with van der Waals surface area (Å²) in [5, 5.41) is 3.70. The molecule has 0 aliphatic heterocycles. The van der Waals surface area contributed by atoms with Crippen LogP contribution >= 0.6 is 23.2 Å². The predicted octanol–water partition coefficient (Wildman–Crippen LogP) is 4.03. The highest BCUT2D eigenvalue weighted by molar-refractivity contribution is 6.35. The third-order valence-corrected chi connectivity index (χ3v) is 4.29. The van der Waals surface area contributed by atoms with Crippen molar-refractivity contribution >= 4 is 34.8 Å². The van der Waals surface area contributed by atoms with Crippen molar-refractivity contribution in [2.45, 2.75) is 26.5 Å². The SMILES string of the molecule is Cc1cccc2nc(CNC(=O)C(C)Oc3ccc(Cl)cc3Cl)cn12. The van der Waals surface area contributed by atoms with E-state index in [1.54, 1.807) is 25.1 Å². The molecule has 1 atom stereocenters. The number of ether oxygens (including phenoxy) is 1. The number of hydrogen-bond acceptors (Lipinski definition) is 3. The Morgan fingerprint density at radius 3 is 2.84 bits per heavy atom. The Balaban J connectivity index is 1.62. The van der Waals surface area contributed by atoms with Gasteiger partial charge in [-0.15, -0.1) is 0 Å². The average Bonchev–Trinajstić information content (AvgIpc) is 2.99. The minimum Gasteiger partial charge on any atom is -0.479 e. The lowest BCUT2D eigenvalue weighted by molar-refractivity contribution is -0.127. The molecule has 1 amide bonds. The summed E-state index contributed by atoms with van der Waals surface area (Å²) >= 11 is 11.9. The van der Waals surface area contributed by atoms with Crippen molar-refractivity contribution in [2.75, 3.05) is 0 Å². The topological polar surface area (TPSA) is 55.6 Å². The molecule has 0 bridgehead atoms. The van der Waals surface area contributed by atoms with Crippen LogP contribution < -0.4 is 10.1 Å². The minimum absolute atomic E-state index is 0.250. The number of amides is 1. The quantitative estimate of drug-likeness (QED) is 0.729. The Morgan fingerprint density at radius 1 is 1.32 bits per heavy atom. The van der Waals surface area contributed by atoms with E-state index in [4.69, 9.17) is 27.9 Å². The summed E-state index contributed by atoms with van der Waals surface area (Å²) in [7, 11) is 0. The van der Waals surface area contributed by atoms with E-state index in [0.29, 0.717) is 22.3 Å². The molecular weight excluding hydrogens is 361 g/mol. The third-order valence-electron chi connectivity index (χ3n) is 3.76. The summed E-state index contributed by atoms with van der Waals surface area (Å²) < 4.78 is 7.58. The second kappa shape index (κ2) is 7.33. The number of nitrogens with zero attached hydrogens (tertiary/aromatic N) is 2. The lowest BCUT2D eigenvalue weighted by Crippen LogP contribution is -2.36. The number of pyridine rings is 1. The van der Waals surface area contributed by atoms with Gasteiger partial charge in [0.2, 0.25) is 0 Å². The molecule has 0 saturated heterocycles. The van der Waals surface area contributed by atoms with E-state index in [-0.39, 0.29) is 5.91 Å². The number of rotatable bonds is 5. The van der Waals surface area contributed by atoms with Crippen LogP contribution in [0.5, 0.6) is 5.75 Å². The number of aryl methyl sites for hydroxylation is 1. The van der Waals surface area contributed by atoms with Crippen LogP contribution in [0.2, 0.25) is 10.0 Å². The van der Waals surface area contributed by atoms with Gasteiger partial charge in [0.15, 0.2) is 6.10 Å². The maximum absolute atomic E-state index is 12.2. The Labute approximate surface area is 155 Å². The predicted molar refractivity (Wildman–Crippen MR) is 98.3 cm³/mol. The van der Waals surface area contributed by atoms with Crippen LogP contribution in [-0.4, -0.2) is 21.4 Å². The van der Waals surface area contributed by atoms with Gasteiger partial charge in [-0.1, -0.05) is 29.3 Å². The zero-order chi connectivity index (χ0) is 18.0. The molecule has 1 aromatic carbocycles. The smallest absolute Gasteiger partial charge is 0.261 e. The highest BCUT2D eigenvalue weighted by Crippen LogP contribution is 2.28. The molecule has 2 heterocycles. The van der Waals surface area contributed by atoms with Crippen LogP contribution in [0.1, 0.15) is 18.3 Å². The van der Waals surface area contributed by atoms with Gasteiger partial charge in [0.1, 0.15) is 11.4 Å². The van der Waals surface area contributed by atoms with Crippen molar-refractivity contribution in [3.8, 4) is 5.75 Å². The van der Waals surface area contributed by atoms with Gasteiger partial charge in [0, 0.05) is 16.9 Å². The van der Waals surface area contributed by atoms with E-state index in [2.05, 4.69) is 10.3 Å². The molecule has 5 nitrogen and oxygen atoms in total. The highest BCUT2D eigenvalue weighted by Gasteiger charge is 2.16. The first-order valence-corrected chi connectivity index (χ1v) is 8.52. The Morgan fingerprint density at radius 2 is 2.12 bits per heavy atom. The summed E-state index contributed by atoms with van der Waals surface area (Å²) in [5.74, 6) is 0.164. The highest BCUT2D eigenvalue weighted by atomic mass is 35.5. The molecule has 1 unspecified atom stereocenters. The number of halogens is 2. The van der Waals surface area contributed by atoms with Gasteiger partial charge in [-0.3, -0.25) is 4.79 Å². The molecule has 0 aliphatic carbocycles. The number of carbonyl (C=O) groups excluding carboxylic acids is 1. The zero-order valence-corrected chi connectivity index (χ0v) is 15.3. The third kappa shape index (κ3) is 4.06. The van der Waals surface area contributed by atoms with Crippen LogP contribution in [0.3, 0.4) is 0 Å². The molecule has 7 heteroatoms.